The summed E-state index contributed by atoms with van der Waals surface area (Å²) in [5.74, 6) is 1.38. The Bertz CT molecular complexity index is 996. The van der Waals surface area contributed by atoms with Crippen LogP contribution in [0.1, 0.15) is 19.3 Å². The molecule has 1 fully saturated rings. The molecule has 0 aliphatic heterocycles. The van der Waals surface area contributed by atoms with E-state index in [0.717, 1.165) is 16.6 Å². The highest BCUT2D eigenvalue weighted by molar-refractivity contribution is 5.79. The Morgan fingerprint density at radius 1 is 1.09 bits per heavy atom. The molecule has 0 spiro atoms. The van der Waals surface area contributed by atoms with Crippen LogP contribution in [0.5, 0.6) is 0 Å². The normalized spacial score (nSPS) is 15.1. The van der Waals surface area contributed by atoms with E-state index in [1.165, 1.54) is 19.3 Å². The van der Waals surface area contributed by atoms with Crippen LogP contribution < -0.4 is 5.32 Å². The van der Waals surface area contributed by atoms with Crippen LogP contribution in [0.2, 0.25) is 0 Å². The summed E-state index contributed by atoms with van der Waals surface area (Å²) >= 11 is 0. The fraction of sp³-hybridized carbons (Fsp3) is 0.250. The van der Waals surface area contributed by atoms with Gasteiger partial charge in [-0.3, -0.25) is 4.40 Å². The maximum Gasteiger partial charge on any atom is 0.241 e. The van der Waals surface area contributed by atoms with Gasteiger partial charge in [-0.1, -0.05) is 0 Å². The van der Waals surface area contributed by atoms with Crippen molar-refractivity contribution in [2.75, 3.05) is 5.32 Å². The number of nitrogens with one attached hydrogen (secondary N) is 1. The number of imidazole rings is 1. The molecule has 7 nitrogen and oxygen atoms in total. The van der Waals surface area contributed by atoms with Crippen molar-refractivity contribution in [3.05, 3.63) is 43.2 Å². The summed E-state index contributed by atoms with van der Waals surface area (Å²) in [7, 11) is 0. The Morgan fingerprint density at radius 2 is 2.04 bits per heavy atom. The van der Waals surface area contributed by atoms with E-state index in [2.05, 4.69) is 25.4 Å². The van der Waals surface area contributed by atoms with Crippen molar-refractivity contribution < 1.29 is 0 Å². The van der Waals surface area contributed by atoms with E-state index in [9.17, 15) is 0 Å². The highest BCUT2D eigenvalue weighted by atomic mass is 15.3. The number of aromatic nitrogens is 6. The lowest BCUT2D eigenvalue weighted by molar-refractivity contribution is 0.442. The van der Waals surface area contributed by atoms with E-state index in [4.69, 9.17) is 0 Å². The lowest BCUT2D eigenvalue weighted by Crippen LogP contribution is -2.28. The number of hydrogen-bond donors (Lipinski definition) is 1. The van der Waals surface area contributed by atoms with Gasteiger partial charge in [0.25, 0.3) is 0 Å². The highest BCUT2D eigenvalue weighted by Gasteiger charge is 2.18. The van der Waals surface area contributed by atoms with Gasteiger partial charge in [0.2, 0.25) is 11.7 Å². The Hall–Kier alpha value is -2.96. The molecule has 0 unspecified atom stereocenters. The molecule has 0 bridgehead atoms. The van der Waals surface area contributed by atoms with Crippen molar-refractivity contribution in [2.24, 2.45) is 0 Å². The zero-order valence-corrected chi connectivity index (χ0v) is 12.4. The van der Waals surface area contributed by atoms with Gasteiger partial charge < -0.3 is 5.32 Å². The third kappa shape index (κ3) is 2.04. The first-order valence-electron chi connectivity index (χ1n) is 7.77. The summed E-state index contributed by atoms with van der Waals surface area (Å²) in [5, 5.41) is 7.92. The second kappa shape index (κ2) is 4.77. The largest absolute Gasteiger partial charge is 0.350 e. The summed E-state index contributed by atoms with van der Waals surface area (Å²) < 4.78 is 3.77. The van der Waals surface area contributed by atoms with Crippen LogP contribution >= 0.6 is 0 Å². The Kier molecular flexibility index (Phi) is 2.61. The summed E-state index contributed by atoms with van der Waals surface area (Å²) in [6.45, 7) is 0. The van der Waals surface area contributed by atoms with Crippen LogP contribution in [-0.4, -0.2) is 35.0 Å². The van der Waals surface area contributed by atoms with Crippen molar-refractivity contribution in [1.82, 2.24) is 29.0 Å². The molecule has 1 aliphatic rings. The van der Waals surface area contributed by atoms with Gasteiger partial charge in [0, 0.05) is 48.2 Å². The molecule has 0 amide bonds. The van der Waals surface area contributed by atoms with Gasteiger partial charge in [0.05, 0.1) is 11.7 Å². The van der Waals surface area contributed by atoms with Crippen LogP contribution in [0, 0.1) is 0 Å². The maximum absolute atomic E-state index is 4.55. The second-order valence-electron chi connectivity index (χ2n) is 5.89. The van der Waals surface area contributed by atoms with Crippen molar-refractivity contribution in [1.29, 1.82) is 0 Å². The van der Waals surface area contributed by atoms with Gasteiger partial charge >= 0.3 is 0 Å². The molecule has 1 aliphatic carbocycles. The molecule has 7 heteroatoms. The average Bonchev–Trinajstić information content (AvgIpc) is 3.16. The predicted molar refractivity (Wildman–Crippen MR) is 86.2 cm³/mol. The molecule has 0 radical (unpaired) electrons. The number of anilines is 1. The van der Waals surface area contributed by atoms with Crippen molar-refractivity contribution in [3.8, 4) is 11.1 Å². The van der Waals surface area contributed by atoms with Crippen LogP contribution in [0.15, 0.2) is 43.2 Å². The van der Waals surface area contributed by atoms with E-state index in [1.807, 2.05) is 46.0 Å². The van der Waals surface area contributed by atoms with Gasteiger partial charge in [0.15, 0.2) is 0 Å². The number of fused-ring (bicyclic) bond motifs is 2. The summed E-state index contributed by atoms with van der Waals surface area (Å²) in [4.78, 5) is 13.0. The highest BCUT2D eigenvalue weighted by Crippen LogP contribution is 2.26. The minimum Gasteiger partial charge on any atom is -0.350 e. The van der Waals surface area contributed by atoms with Crippen LogP contribution in [0.4, 0.5) is 5.95 Å². The molecule has 4 aromatic heterocycles. The molecule has 0 atom stereocenters. The van der Waals surface area contributed by atoms with E-state index in [1.54, 1.807) is 6.20 Å². The van der Waals surface area contributed by atoms with Crippen LogP contribution in [-0.2, 0) is 0 Å². The number of nitrogens with zero attached hydrogens (tertiary/aromatic N) is 6. The monoisotopic (exact) mass is 305 g/mol. The Balaban J connectivity index is 1.55. The second-order valence-corrected chi connectivity index (χ2v) is 5.89. The molecule has 5 rings (SSSR count). The zero-order valence-electron chi connectivity index (χ0n) is 12.4. The van der Waals surface area contributed by atoms with E-state index < -0.39 is 0 Å². The van der Waals surface area contributed by atoms with E-state index >= 15 is 0 Å². The Labute approximate surface area is 132 Å². The first-order chi connectivity index (χ1) is 11.4. The number of hydrogen-bond acceptors (Lipinski definition) is 5. The summed E-state index contributed by atoms with van der Waals surface area (Å²) in [6.07, 6.45) is 15.0. The molecule has 114 valence electrons. The third-order valence-electron chi connectivity index (χ3n) is 4.41. The quantitative estimate of drug-likeness (QED) is 0.629. The van der Waals surface area contributed by atoms with Gasteiger partial charge in [-0.15, -0.1) is 5.10 Å². The number of rotatable bonds is 3. The molecule has 23 heavy (non-hydrogen) atoms. The molecular formula is C16H15N7. The first kappa shape index (κ1) is 12.6. The SMILES string of the molecule is c1cn2cc(-c3ccn4nc(NC5CCC5)ncc34)cnc2n1. The molecule has 1 N–H and O–H groups in total. The molecular weight excluding hydrogens is 290 g/mol. The van der Waals surface area contributed by atoms with Gasteiger partial charge in [0.1, 0.15) is 0 Å². The van der Waals surface area contributed by atoms with Gasteiger partial charge in [-0.25, -0.2) is 19.5 Å². The fourth-order valence-electron chi connectivity index (χ4n) is 2.90. The fourth-order valence-corrected chi connectivity index (χ4v) is 2.90. The zero-order chi connectivity index (χ0) is 15.2. The van der Waals surface area contributed by atoms with Crippen molar-refractivity contribution in [2.45, 2.75) is 25.3 Å². The minimum atomic E-state index is 0.523. The van der Waals surface area contributed by atoms with Crippen LogP contribution in [0.3, 0.4) is 0 Å². The van der Waals surface area contributed by atoms with Crippen molar-refractivity contribution >= 4 is 17.2 Å². The standard InChI is InChI=1S/C16H15N7/c1-2-12(3-1)20-15-18-9-14-13(4-6-23(14)21-15)11-8-19-16-17-5-7-22(16)10-11/h4-10,12H,1-3H2,(H,20,21). The lowest BCUT2D eigenvalue weighted by atomic mass is 9.93. The molecule has 1 saturated carbocycles. The first-order valence-corrected chi connectivity index (χ1v) is 7.77. The molecule has 0 saturated heterocycles. The average molecular weight is 305 g/mol. The predicted octanol–water partition coefficient (Wildman–Crippen LogP) is 2.40. The smallest absolute Gasteiger partial charge is 0.241 e. The van der Waals surface area contributed by atoms with E-state index in [-0.39, 0.29) is 0 Å². The van der Waals surface area contributed by atoms with Crippen molar-refractivity contribution in [3.63, 3.8) is 0 Å². The Morgan fingerprint density at radius 3 is 2.91 bits per heavy atom. The van der Waals surface area contributed by atoms with Gasteiger partial charge in [-0.2, -0.15) is 0 Å². The third-order valence-corrected chi connectivity index (χ3v) is 4.41. The molecule has 4 aromatic rings. The summed E-state index contributed by atoms with van der Waals surface area (Å²) in [5.41, 5.74) is 3.04. The topological polar surface area (TPSA) is 72.4 Å². The van der Waals surface area contributed by atoms with E-state index in [0.29, 0.717) is 17.8 Å². The summed E-state index contributed by atoms with van der Waals surface area (Å²) in [6, 6.07) is 2.56. The maximum atomic E-state index is 4.55. The minimum absolute atomic E-state index is 0.523. The van der Waals surface area contributed by atoms with Gasteiger partial charge in [-0.05, 0) is 25.3 Å². The van der Waals surface area contributed by atoms with Crippen LogP contribution in [0.25, 0.3) is 22.4 Å². The molecule has 0 aromatic carbocycles. The molecule has 4 heterocycles. The lowest BCUT2D eigenvalue weighted by Gasteiger charge is -2.26.